The summed E-state index contributed by atoms with van der Waals surface area (Å²) in [5.74, 6) is -0.204. The van der Waals surface area contributed by atoms with Crippen molar-refractivity contribution in [3.05, 3.63) is 83.9 Å². The van der Waals surface area contributed by atoms with Crippen LogP contribution in [0.4, 0.5) is 0 Å². The number of rotatable bonds is 2. The molecular formula is C17H14N2O. The van der Waals surface area contributed by atoms with Crippen LogP contribution in [0.1, 0.15) is 22.7 Å². The molecule has 1 heterocycles. The van der Waals surface area contributed by atoms with Gasteiger partial charge in [-0.05, 0) is 17.2 Å². The van der Waals surface area contributed by atoms with Crippen molar-refractivity contribution >= 4 is 12.1 Å². The van der Waals surface area contributed by atoms with Crippen LogP contribution in [0.3, 0.4) is 0 Å². The Morgan fingerprint density at radius 3 is 2.55 bits per heavy atom. The lowest BCUT2D eigenvalue weighted by Gasteiger charge is -2.31. The van der Waals surface area contributed by atoms with Gasteiger partial charge in [-0.2, -0.15) is 5.10 Å². The zero-order chi connectivity index (χ0) is 13.9. The summed E-state index contributed by atoms with van der Waals surface area (Å²) in [6, 6.07) is 17.7. The van der Waals surface area contributed by atoms with E-state index in [1.807, 2.05) is 54.6 Å². The van der Waals surface area contributed by atoms with Crippen LogP contribution in [-0.2, 0) is 4.79 Å². The van der Waals surface area contributed by atoms with E-state index in [0.29, 0.717) is 0 Å². The predicted molar refractivity (Wildman–Crippen MR) is 79.4 cm³/mol. The molecule has 1 aliphatic heterocycles. The number of carbonyl (C=O) groups excluding carboxylic acids is 1. The quantitative estimate of drug-likeness (QED) is 0.765. The van der Waals surface area contributed by atoms with E-state index < -0.39 is 0 Å². The molecule has 0 saturated carbocycles. The highest BCUT2D eigenvalue weighted by atomic mass is 16.2. The lowest BCUT2D eigenvalue weighted by atomic mass is 9.93. The average Bonchev–Trinajstić information content (AvgIpc) is 2.53. The smallest absolute Gasteiger partial charge is 0.266 e. The molecule has 3 heteroatoms. The zero-order valence-corrected chi connectivity index (χ0v) is 10.9. The second-order valence-electron chi connectivity index (χ2n) is 4.57. The number of nitrogens with zero attached hydrogens (tertiary/aromatic N) is 2. The monoisotopic (exact) mass is 262 g/mol. The van der Waals surface area contributed by atoms with Crippen LogP contribution >= 0.6 is 0 Å². The third kappa shape index (κ3) is 2.03. The van der Waals surface area contributed by atoms with Gasteiger partial charge in [0.1, 0.15) is 6.04 Å². The molecule has 2 aromatic carbocycles. The maximum atomic E-state index is 12.1. The Kier molecular flexibility index (Phi) is 3.17. The van der Waals surface area contributed by atoms with Gasteiger partial charge in [0.05, 0.1) is 6.21 Å². The molecule has 1 amide bonds. The van der Waals surface area contributed by atoms with E-state index in [-0.39, 0.29) is 11.9 Å². The topological polar surface area (TPSA) is 32.7 Å². The Morgan fingerprint density at radius 2 is 1.80 bits per heavy atom. The van der Waals surface area contributed by atoms with Gasteiger partial charge in [0, 0.05) is 5.56 Å². The zero-order valence-electron chi connectivity index (χ0n) is 10.9. The fourth-order valence-corrected chi connectivity index (χ4v) is 2.43. The summed E-state index contributed by atoms with van der Waals surface area (Å²) in [5, 5.41) is 5.76. The molecule has 0 saturated heterocycles. The van der Waals surface area contributed by atoms with Crippen LogP contribution in [-0.4, -0.2) is 17.1 Å². The van der Waals surface area contributed by atoms with Crippen molar-refractivity contribution in [2.24, 2.45) is 5.10 Å². The predicted octanol–water partition coefficient (Wildman–Crippen LogP) is 3.14. The lowest BCUT2D eigenvalue weighted by molar-refractivity contribution is -0.127. The van der Waals surface area contributed by atoms with Crippen molar-refractivity contribution in [1.29, 1.82) is 0 Å². The molecule has 0 aromatic heterocycles. The average molecular weight is 262 g/mol. The van der Waals surface area contributed by atoms with E-state index in [0.717, 1.165) is 16.7 Å². The van der Waals surface area contributed by atoms with Crippen molar-refractivity contribution < 1.29 is 4.79 Å². The highest BCUT2D eigenvalue weighted by Crippen LogP contribution is 2.33. The summed E-state index contributed by atoms with van der Waals surface area (Å²) in [4.78, 5) is 12.1. The minimum atomic E-state index is -0.206. The molecule has 0 aliphatic carbocycles. The summed E-state index contributed by atoms with van der Waals surface area (Å²) in [6.07, 6.45) is 3.01. The van der Waals surface area contributed by atoms with Crippen molar-refractivity contribution in [2.45, 2.75) is 6.04 Å². The summed E-state index contributed by atoms with van der Waals surface area (Å²) in [6.45, 7) is 3.55. The standard InChI is InChI=1S/C17H14N2O/c1-2-16(20)19-17(13-8-4-3-5-9-13)15-11-7-6-10-14(15)12-18-19/h2-12,17H,1H2. The van der Waals surface area contributed by atoms with Crippen molar-refractivity contribution in [3.63, 3.8) is 0 Å². The van der Waals surface area contributed by atoms with Gasteiger partial charge in [-0.1, -0.05) is 61.2 Å². The first-order valence-corrected chi connectivity index (χ1v) is 6.45. The van der Waals surface area contributed by atoms with Crippen LogP contribution in [0, 0.1) is 0 Å². The van der Waals surface area contributed by atoms with Crippen molar-refractivity contribution in [3.8, 4) is 0 Å². The van der Waals surface area contributed by atoms with Gasteiger partial charge in [-0.25, -0.2) is 5.01 Å². The second-order valence-corrected chi connectivity index (χ2v) is 4.57. The Bertz CT molecular complexity index is 676. The van der Waals surface area contributed by atoms with Gasteiger partial charge in [0.15, 0.2) is 0 Å². The molecule has 0 spiro atoms. The molecule has 20 heavy (non-hydrogen) atoms. The summed E-state index contributed by atoms with van der Waals surface area (Å²) in [5.41, 5.74) is 3.14. The molecule has 0 bridgehead atoms. The third-order valence-electron chi connectivity index (χ3n) is 3.37. The molecule has 3 nitrogen and oxygen atoms in total. The molecule has 0 N–H and O–H groups in total. The highest BCUT2D eigenvalue weighted by molar-refractivity contribution is 5.91. The molecule has 2 aromatic rings. The van der Waals surface area contributed by atoms with Crippen molar-refractivity contribution in [2.75, 3.05) is 0 Å². The molecule has 0 fully saturated rings. The van der Waals surface area contributed by atoms with Gasteiger partial charge in [0.25, 0.3) is 5.91 Å². The largest absolute Gasteiger partial charge is 0.268 e. The fraction of sp³-hybridized carbons (Fsp3) is 0.0588. The van der Waals surface area contributed by atoms with E-state index in [4.69, 9.17) is 0 Å². The molecule has 1 atom stereocenters. The number of amides is 1. The van der Waals surface area contributed by atoms with Gasteiger partial charge in [0.2, 0.25) is 0 Å². The normalized spacial score (nSPS) is 16.6. The van der Waals surface area contributed by atoms with Gasteiger partial charge >= 0.3 is 0 Å². The van der Waals surface area contributed by atoms with E-state index in [1.165, 1.54) is 11.1 Å². The molecule has 1 unspecified atom stereocenters. The highest BCUT2D eigenvalue weighted by Gasteiger charge is 2.29. The first kappa shape index (κ1) is 12.4. The maximum absolute atomic E-state index is 12.1. The second kappa shape index (κ2) is 5.13. The Labute approximate surface area is 117 Å². The maximum Gasteiger partial charge on any atom is 0.266 e. The summed E-state index contributed by atoms with van der Waals surface area (Å²) >= 11 is 0. The Hall–Kier alpha value is -2.68. The Balaban J connectivity index is 2.16. The van der Waals surface area contributed by atoms with Crippen LogP contribution < -0.4 is 0 Å². The number of benzene rings is 2. The first-order chi connectivity index (χ1) is 9.81. The minimum Gasteiger partial charge on any atom is -0.268 e. The summed E-state index contributed by atoms with van der Waals surface area (Å²) < 4.78 is 0. The SMILES string of the molecule is C=CC(=O)N1N=Cc2ccccc2C1c1ccccc1. The third-order valence-corrected chi connectivity index (χ3v) is 3.37. The van der Waals surface area contributed by atoms with Crippen LogP contribution in [0.15, 0.2) is 72.4 Å². The number of carbonyl (C=O) groups is 1. The minimum absolute atomic E-state index is 0.204. The van der Waals surface area contributed by atoms with Crippen LogP contribution in [0.5, 0.6) is 0 Å². The number of hydrogen-bond donors (Lipinski definition) is 0. The van der Waals surface area contributed by atoms with E-state index in [9.17, 15) is 4.79 Å². The fourth-order valence-electron chi connectivity index (χ4n) is 2.43. The van der Waals surface area contributed by atoms with E-state index in [2.05, 4.69) is 11.7 Å². The van der Waals surface area contributed by atoms with Crippen molar-refractivity contribution in [1.82, 2.24) is 5.01 Å². The van der Waals surface area contributed by atoms with Gasteiger partial charge < -0.3 is 0 Å². The van der Waals surface area contributed by atoms with Crippen LogP contribution in [0.25, 0.3) is 0 Å². The van der Waals surface area contributed by atoms with Gasteiger partial charge in [-0.3, -0.25) is 4.79 Å². The number of fused-ring (bicyclic) bond motifs is 1. The summed E-state index contributed by atoms with van der Waals surface area (Å²) in [7, 11) is 0. The molecular weight excluding hydrogens is 248 g/mol. The first-order valence-electron chi connectivity index (χ1n) is 6.45. The molecule has 98 valence electrons. The number of hydrogen-bond acceptors (Lipinski definition) is 2. The van der Waals surface area contributed by atoms with Gasteiger partial charge in [-0.15, -0.1) is 0 Å². The molecule has 1 aliphatic rings. The van der Waals surface area contributed by atoms with E-state index in [1.54, 1.807) is 6.21 Å². The Morgan fingerprint density at radius 1 is 1.10 bits per heavy atom. The molecule has 3 rings (SSSR count). The number of hydrazone groups is 1. The van der Waals surface area contributed by atoms with E-state index >= 15 is 0 Å². The van der Waals surface area contributed by atoms with Crippen LogP contribution in [0.2, 0.25) is 0 Å². The molecule has 0 radical (unpaired) electrons. The lowest BCUT2D eigenvalue weighted by Crippen LogP contribution is -2.33.